The molecule has 1 atom stereocenters. The van der Waals surface area contributed by atoms with Crippen molar-refractivity contribution >= 4 is 28.8 Å². The van der Waals surface area contributed by atoms with Crippen molar-refractivity contribution in [3.63, 3.8) is 0 Å². The quantitative estimate of drug-likeness (QED) is 0.898. The summed E-state index contributed by atoms with van der Waals surface area (Å²) >= 11 is 1.60. The highest BCUT2D eigenvalue weighted by Gasteiger charge is 2.50. The number of hydrogen-bond donors (Lipinski definition) is 1. The van der Waals surface area contributed by atoms with Gasteiger partial charge in [-0.25, -0.2) is 0 Å². The Balaban J connectivity index is 1.44. The van der Waals surface area contributed by atoms with E-state index in [-0.39, 0.29) is 29.3 Å². The third-order valence-electron chi connectivity index (χ3n) is 5.35. The fourth-order valence-electron chi connectivity index (χ4n) is 3.99. The molecule has 22 heavy (non-hydrogen) atoms. The first-order chi connectivity index (χ1) is 10.6. The average molecular weight is 320 g/mol. The van der Waals surface area contributed by atoms with Gasteiger partial charge in [0.25, 0.3) is 0 Å². The van der Waals surface area contributed by atoms with Crippen LogP contribution >= 0.6 is 11.3 Å². The number of hydrogen-bond acceptors (Lipinski definition) is 4. The number of nitrogens with zero attached hydrogens (tertiary/aromatic N) is 2. The van der Waals surface area contributed by atoms with Gasteiger partial charge in [-0.1, -0.05) is 0 Å². The summed E-state index contributed by atoms with van der Waals surface area (Å²) in [6, 6.07) is 1.98. The Morgan fingerprint density at radius 3 is 2.86 bits per heavy atom. The molecule has 1 aromatic rings. The predicted molar refractivity (Wildman–Crippen MR) is 83.6 cm³/mol. The molecule has 4 rings (SSSR count). The minimum Gasteiger partial charge on any atom is -0.393 e. The van der Waals surface area contributed by atoms with Gasteiger partial charge in [0.1, 0.15) is 0 Å². The lowest BCUT2D eigenvalue weighted by atomic mass is 9.81. The lowest BCUT2D eigenvalue weighted by Crippen LogP contribution is -2.43. The van der Waals surface area contributed by atoms with Crippen LogP contribution in [0.15, 0.2) is 16.8 Å². The van der Waals surface area contributed by atoms with E-state index in [1.807, 2.05) is 26.6 Å². The molecular formula is C16H20N2O3S. The summed E-state index contributed by atoms with van der Waals surface area (Å²) in [5.74, 6) is 0.339. The van der Waals surface area contributed by atoms with E-state index in [4.69, 9.17) is 0 Å². The Morgan fingerprint density at radius 1 is 1.36 bits per heavy atom. The molecule has 0 radical (unpaired) electrons. The fourth-order valence-corrected chi connectivity index (χ4v) is 4.63. The normalized spacial score (nSPS) is 34.5. The minimum atomic E-state index is -0.298. The number of carbonyl (C=O) groups excluding carboxylic acids is 2. The molecule has 1 spiro atoms. The Morgan fingerprint density at radius 2 is 2.18 bits per heavy atom. The van der Waals surface area contributed by atoms with Crippen molar-refractivity contribution in [2.45, 2.75) is 31.8 Å². The van der Waals surface area contributed by atoms with Crippen LogP contribution in [0.5, 0.6) is 0 Å². The molecule has 118 valence electrons. The molecule has 2 saturated heterocycles. The fraction of sp³-hybridized carbons (Fsp3) is 0.625. The van der Waals surface area contributed by atoms with Gasteiger partial charge < -0.3 is 14.9 Å². The Kier molecular flexibility index (Phi) is 3.27. The second-order valence-electron chi connectivity index (χ2n) is 6.97. The van der Waals surface area contributed by atoms with E-state index in [9.17, 15) is 14.7 Å². The van der Waals surface area contributed by atoms with Gasteiger partial charge in [0.2, 0.25) is 11.8 Å². The van der Waals surface area contributed by atoms with E-state index in [0.717, 1.165) is 25.2 Å². The SMILES string of the molecule is O=C(C1CC(O)C1)N1CCC2(CC(=O)N(c3ccsc3)C2)C1. The van der Waals surface area contributed by atoms with Crippen LogP contribution in [0.25, 0.3) is 0 Å². The Hall–Kier alpha value is -1.40. The minimum absolute atomic E-state index is 0.00442. The van der Waals surface area contributed by atoms with Gasteiger partial charge in [-0.05, 0) is 30.7 Å². The van der Waals surface area contributed by atoms with E-state index in [1.54, 1.807) is 11.3 Å². The zero-order valence-corrected chi connectivity index (χ0v) is 13.2. The molecule has 0 bridgehead atoms. The molecule has 1 aliphatic carbocycles. The summed E-state index contributed by atoms with van der Waals surface area (Å²) in [4.78, 5) is 28.6. The molecule has 5 nitrogen and oxygen atoms in total. The molecular weight excluding hydrogens is 300 g/mol. The van der Waals surface area contributed by atoms with Crippen molar-refractivity contribution < 1.29 is 14.7 Å². The van der Waals surface area contributed by atoms with E-state index in [2.05, 4.69) is 0 Å². The summed E-state index contributed by atoms with van der Waals surface area (Å²) < 4.78 is 0. The molecule has 0 aromatic carbocycles. The van der Waals surface area contributed by atoms with Crippen molar-refractivity contribution in [1.82, 2.24) is 4.90 Å². The van der Waals surface area contributed by atoms with Crippen LogP contribution in [-0.2, 0) is 9.59 Å². The molecule has 1 N–H and O–H groups in total. The zero-order chi connectivity index (χ0) is 15.3. The topological polar surface area (TPSA) is 60.9 Å². The maximum atomic E-state index is 12.4. The highest BCUT2D eigenvalue weighted by molar-refractivity contribution is 7.08. The maximum Gasteiger partial charge on any atom is 0.227 e. The van der Waals surface area contributed by atoms with Gasteiger partial charge in [0.15, 0.2) is 0 Å². The number of rotatable bonds is 2. The third-order valence-corrected chi connectivity index (χ3v) is 6.02. The summed E-state index contributed by atoms with van der Waals surface area (Å²) in [6.07, 6.45) is 2.35. The van der Waals surface area contributed by atoms with Crippen LogP contribution in [-0.4, -0.2) is 47.6 Å². The first-order valence-corrected chi connectivity index (χ1v) is 8.80. The van der Waals surface area contributed by atoms with Crippen LogP contribution in [0.2, 0.25) is 0 Å². The number of likely N-dealkylation sites (tertiary alicyclic amines) is 1. The summed E-state index contributed by atoms with van der Waals surface area (Å²) in [5.41, 5.74) is 0.913. The first-order valence-electron chi connectivity index (χ1n) is 7.86. The smallest absolute Gasteiger partial charge is 0.227 e. The Labute approximate surface area is 133 Å². The molecule has 1 aromatic heterocycles. The van der Waals surface area contributed by atoms with Gasteiger partial charge in [-0.2, -0.15) is 11.3 Å². The van der Waals surface area contributed by atoms with Crippen LogP contribution in [0, 0.1) is 11.3 Å². The van der Waals surface area contributed by atoms with Crippen molar-refractivity contribution in [1.29, 1.82) is 0 Å². The predicted octanol–water partition coefficient (Wildman–Crippen LogP) is 1.47. The highest BCUT2D eigenvalue weighted by atomic mass is 32.1. The molecule has 2 amide bonds. The molecule has 6 heteroatoms. The number of aliphatic hydroxyl groups excluding tert-OH is 1. The standard InChI is InChI=1S/C16H20N2O3S/c19-13-5-11(6-13)15(21)17-3-2-16(9-17)7-14(20)18(10-16)12-1-4-22-8-12/h1,4,8,11,13,19H,2-3,5-7,9-10H2. The van der Waals surface area contributed by atoms with E-state index in [0.29, 0.717) is 25.8 Å². The molecule has 3 aliphatic rings. The maximum absolute atomic E-state index is 12.4. The largest absolute Gasteiger partial charge is 0.393 e. The lowest BCUT2D eigenvalue weighted by molar-refractivity contribution is -0.141. The number of thiophene rings is 1. The van der Waals surface area contributed by atoms with Crippen molar-refractivity contribution in [2.24, 2.45) is 11.3 Å². The van der Waals surface area contributed by atoms with E-state index in [1.165, 1.54) is 0 Å². The third kappa shape index (κ3) is 2.25. The Bertz CT molecular complexity index is 597. The molecule has 1 unspecified atom stereocenters. The average Bonchev–Trinajstić information content (AvgIpc) is 3.16. The van der Waals surface area contributed by atoms with Gasteiger partial charge in [-0.15, -0.1) is 0 Å². The molecule has 2 aliphatic heterocycles. The van der Waals surface area contributed by atoms with Crippen molar-refractivity contribution in [3.05, 3.63) is 16.8 Å². The second kappa shape index (κ2) is 5.06. The number of anilines is 1. The van der Waals surface area contributed by atoms with Crippen LogP contribution in [0.3, 0.4) is 0 Å². The van der Waals surface area contributed by atoms with Gasteiger partial charge in [-0.3, -0.25) is 9.59 Å². The van der Waals surface area contributed by atoms with Gasteiger partial charge in [0, 0.05) is 42.8 Å². The monoisotopic (exact) mass is 320 g/mol. The van der Waals surface area contributed by atoms with Crippen molar-refractivity contribution in [2.75, 3.05) is 24.5 Å². The zero-order valence-electron chi connectivity index (χ0n) is 12.4. The summed E-state index contributed by atoms with van der Waals surface area (Å²) in [6.45, 7) is 2.15. The van der Waals surface area contributed by atoms with Crippen LogP contribution in [0.4, 0.5) is 5.69 Å². The van der Waals surface area contributed by atoms with E-state index < -0.39 is 0 Å². The summed E-state index contributed by atoms with van der Waals surface area (Å²) in [5, 5.41) is 13.4. The number of carbonyl (C=O) groups is 2. The first kappa shape index (κ1) is 14.2. The summed E-state index contributed by atoms with van der Waals surface area (Å²) in [7, 11) is 0. The van der Waals surface area contributed by atoms with Crippen LogP contribution in [0.1, 0.15) is 25.7 Å². The number of aliphatic hydroxyl groups is 1. The van der Waals surface area contributed by atoms with E-state index >= 15 is 0 Å². The van der Waals surface area contributed by atoms with Crippen molar-refractivity contribution in [3.8, 4) is 0 Å². The highest BCUT2D eigenvalue weighted by Crippen LogP contribution is 2.43. The molecule has 3 fully saturated rings. The van der Waals surface area contributed by atoms with Gasteiger partial charge >= 0.3 is 0 Å². The molecule has 1 saturated carbocycles. The molecule has 3 heterocycles. The number of amides is 2. The van der Waals surface area contributed by atoms with Gasteiger partial charge in [0.05, 0.1) is 11.8 Å². The second-order valence-corrected chi connectivity index (χ2v) is 7.75. The van der Waals surface area contributed by atoms with Crippen LogP contribution < -0.4 is 4.90 Å². The lowest BCUT2D eigenvalue weighted by Gasteiger charge is -2.34.